The molecule has 0 aliphatic rings. The number of nitrogens with one attached hydrogen (secondary N) is 1. The highest BCUT2D eigenvalue weighted by Gasteiger charge is 2.17. The van der Waals surface area contributed by atoms with Crippen molar-refractivity contribution in [1.82, 2.24) is 5.32 Å². The van der Waals surface area contributed by atoms with Gasteiger partial charge in [0.25, 0.3) is 0 Å². The van der Waals surface area contributed by atoms with E-state index in [-0.39, 0.29) is 6.04 Å². The van der Waals surface area contributed by atoms with E-state index in [0.29, 0.717) is 0 Å². The summed E-state index contributed by atoms with van der Waals surface area (Å²) in [6.07, 6.45) is 0. The molecule has 2 aromatic carbocycles. The molecule has 2 aromatic rings. The molecule has 0 heterocycles. The van der Waals surface area contributed by atoms with Crippen LogP contribution in [0.3, 0.4) is 0 Å². The lowest BCUT2D eigenvalue weighted by atomic mass is 9.94. The molecular formula is C17H20ClN. The van der Waals surface area contributed by atoms with Crippen molar-refractivity contribution in [2.75, 3.05) is 6.54 Å². The Morgan fingerprint density at radius 1 is 1.05 bits per heavy atom. The molecule has 0 radical (unpaired) electrons. The van der Waals surface area contributed by atoms with Gasteiger partial charge in [-0.1, -0.05) is 54.9 Å². The number of benzene rings is 2. The molecule has 0 bridgehead atoms. The molecule has 1 unspecified atom stereocenters. The van der Waals surface area contributed by atoms with Crippen LogP contribution >= 0.6 is 11.6 Å². The molecule has 1 atom stereocenters. The van der Waals surface area contributed by atoms with Gasteiger partial charge in [0.1, 0.15) is 0 Å². The Hall–Kier alpha value is -1.31. The maximum Gasteiger partial charge on any atom is 0.0593 e. The van der Waals surface area contributed by atoms with Crippen molar-refractivity contribution in [3.05, 3.63) is 69.7 Å². The second kappa shape index (κ2) is 6.23. The fraction of sp³-hybridized carbons (Fsp3) is 0.294. The van der Waals surface area contributed by atoms with Gasteiger partial charge in [0, 0.05) is 5.02 Å². The van der Waals surface area contributed by atoms with Crippen LogP contribution in [0, 0.1) is 13.8 Å². The third kappa shape index (κ3) is 3.17. The lowest BCUT2D eigenvalue weighted by molar-refractivity contribution is 0.628. The van der Waals surface area contributed by atoms with Gasteiger partial charge in [-0.25, -0.2) is 0 Å². The topological polar surface area (TPSA) is 12.0 Å². The Morgan fingerprint density at radius 3 is 2.42 bits per heavy atom. The highest BCUT2D eigenvalue weighted by atomic mass is 35.5. The van der Waals surface area contributed by atoms with E-state index >= 15 is 0 Å². The standard InChI is InChI=1S/C17H20ClN/c1-4-19-17(14-8-6-5-7-13(14)3)15-10-9-12(2)11-16(15)18/h5-11,17,19H,4H2,1-3H3. The summed E-state index contributed by atoms with van der Waals surface area (Å²) in [7, 11) is 0. The molecule has 2 rings (SSSR count). The summed E-state index contributed by atoms with van der Waals surface area (Å²) < 4.78 is 0. The van der Waals surface area contributed by atoms with Crippen molar-refractivity contribution in [2.24, 2.45) is 0 Å². The summed E-state index contributed by atoms with van der Waals surface area (Å²) in [5, 5.41) is 4.36. The van der Waals surface area contributed by atoms with Crippen molar-refractivity contribution < 1.29 is 0 Å². The van der Waals surface area contributed by atoms with E-state index in [1.807, 2.05) is 6.07 Å². The van der Waals surface area contributed by atoms with E-state index in [1.165, 1.54) is 16.7 Å². The van der Waals surface area contributed by atoms with Crippen LogP contribution in [0.25, 0.3) is 0 Å². The molecule has 0 aliphatic heterocycles. The van der Waals surface area contributed by atoms with E-state index < -0.39 is 0 Å². The Bertz CT molecular complexity index is 563. The van der Waals surface area contributed by atoms with Crippen LogP contribution in [0.15, 0.2) is 42.5 Å². The van der Waals surface area contributed by atoms with E-state index in [9.17, 15) is 0 Å². The maximum absolute atomic E-state index is 6.42. The van der Waals surface area contributed by atoms with Crippen LogP contribution in [-0.2, 0) is 0 Å². The summed E-state index contributed by atoms with van der Waals surface area (Å²) in [6, 6.07) is 14.9. The minimum Gasteiger partial charge on any atom is -0.306 e. The molecule has 0 spiro atoms. The van der Waals surface area contributed by atoms with Gasteiger partial charge in [-0.3, -0.25) is 0 Å². The molecule has 0 aromatic heterocycles. The van der Waals surface area contributed by atoms with Crippen LogP contribution in [0.2, 0.25) is 5.02 Å². The second-order valence-electron chi connectivity index (χ2n) is 4.87. The van der Waals surface area contributed by atoms with E-state index in [1.54, 1.807) is 0 Å². The Morgan fingerprint density at radius 2 is 1.79 bits per heavy atom. The van der Waals surface area contributed by atoms with Crippen molar-refractivity contribution >= 4 is 11.6 Å². The molecule has 2 heteroatoms. The van der Waals surface area contributed by atoms with Crippen LogP contribution in [0.4, 0.5) is 0 Å². The molecule has 0 fully saturated rings. The van der Waals surface area contributed by atoms with Crippen molar-refractivity contribution in [2.45, 2.75) is 26.8 Å². The van der Waals surface area contributed by atoms with Gasteiger partial charge in [0.05, 0.1) is 6.04 Å². The monoisotopic (exact) mass is 273 g/mol. The molecule has 0 saturated carbocycles. The average Bonchev–Trinajstić information content (AvgIpc) is 2.38. The molecule has 100 valence electrons. The molecule has 19 heavy (non-hydrogen) atoms. The van der Waals surface area contributed by atoms with E-state index in [2.05, 4.69) is 62.5 Å². The average molecular weight is 274 g/mol. The molecule has 0 aliphatic carbocycles. The first kappa shape index (κ1) is 14.1. The third-order valence-electron chi connectivity index (χ3n) is 3.37. The number of hydrogen-bond acceptors (Lipinski definition) is 1. The van der Waals surface area contributed by atoms with Crippen LogP contribution < -0.4 is 5.32 Å². The van der Waals surface area contributed by atoms with E-state index in [0.717, 1.165) is 17.1 Å². The number of hydrogen-bond donors (Lipinski definition) is 1. The third-order valence-corrected chi connectivity index (χ3v) is 3.70. The normalized spacial score (nSPS) is 12.4. The first-order chi connectivity index (χ1) is 9.13. The molecule has 1 nitrogen and oxygen atoms in total. The largest absolute Gasteiger partial charge is 0.306 e. The smallest absolute Gasteiger partial charge is 0.0593 e. The predicted octanol–water partition coefficient (Wildman–Crippen LogP) is 4.66. The maximum atomic E-state index is 6.42. The summed E-state index contributed by atoms with van der Waals surface area (Å²) in [5.74, 6) is 0. The van der Waals surface area contributed by atoms with Gasteiger partial charge in [0.2, 0.25) is 0 Å². The number of halogens is 1. The van der Waals surface area contributed by atoms with Gasteiger partial charge >= 0.3 is 0 Å². The molecule has 1 N–H and O–H groups in total. The Labute approximate surface area is 120 Å². The highest BCUT2D eigenvalue weighted by Crippen LogP contribution is 2.30. The fourth-order valence-corrected chi connectivity index (χ4v) is 2.71. The minimum atomic E-state index is 0.152. The van der Waals surface area contributed by atoms with Gasteiger partial charge in [-0.2, -0.15) is 0 Å². The second-order valence-corrected chi connectivity index (χ2v) is 5.28. The fourth-order valence-electron chi connectivity index (χ4n) is 2.37. The minimum absolute atomic E-state index is 0.152. The SMILES string of the molecule is CCNC(c1ccccc1C)c1ccc(C)cc1Cl. The molecular weight excluding hydrogens is 254 g/mol. The zero-order chi connectivity index (χ0) is 13.8. The van der Waals surface area contributed by atoms with Crippen molar-refractivity contribution in [1.29, 1.82) is 0 Å². The number of aryl methyl sites for hydroxylation is 2. The summed E-state index contributed by atoms with van der Waals surface area (Å²) >= 11 is 6.42. The quantitative estimate of drug-likeness (QED) is 0.855. The lowest BCUT2D eigenvalue weighted by Gasteiger charge is -2.22. The van der Waals surface area contributed by atoms with E-state index in [4.69, 9.17) is 11.6 Å². The molecule has 0 amide bonds. The van der Waals surface area contributed by atoms with Crippen LogP contribution in [0.1, 0.15) is 35.2 Å². The number of rotatable bonds is 4. The molecule has 0 saturated heterocycles. The zero-order valence-electron chi connectivity index (χ0n) is 11.7. The van der Waals surface area contributed by atoms with Crippen LogP contribution in [-0.4, -0.2) is 6.54 Å². The summed E-state index contributed by atoms with van der Waals surface area (Å²) in [4.78, 5) is 0. The first-order valence-corrected chi connectivity index (χ1v) is 7.06. The lowest BCUT2D eigenvalue weighted by Crippen LogP contribution is -2.23. The van der Waals surface area contributed by atoms with Gasteiger partial charge in [0.15, 0.2) is 0 Å². The Kier molecular flexibility index (Phi) is 4.62. The predicted molar refractivity (Wildman–Crippen MR) is 82.9 cm³/mol. The van der Waals surface area contributed by atoms with Gasteiger partial charge < -0.3 is 5.32 Å². The van der Waals surface area contributed by atoms with Crippen LogP contribution in [0.5, 0.6) is 0 Å². The summed E-state index contributed by atoms with van der Waals surface area (Å²) in [6.45, 7) is 7.23. The van der Waals surface area contributed by atoms with Crippen molar-refractivity contribution in [3.8, 4) is 0 Å². The zero-order valence-corrected chi connectivity index (χ0v) is 12.5. The van der Waals surface area contributed by atoms with Crippen molar-refractivity contribution in [3.63, 3.8) is 0 Å². The summed E-state index contributed by atoms with van der Waals surface area (Å²) in [5.41, 5.74) is 4.90. The van der Waals surface area contributed by atoms with Gasteiger partial charge in [-0.15, -0.1) is 0 Å². The van der Waals surface area contributed by atoms with Gasteiger partial charge in [-0.05, 0) is 48.7 Å². The Balaban J connectivity index is 2.48. The first-order valence-electron chi connectivity index (χ1n) is 6.68. The highest BCUT2D eigenvalue weighted by molar-refractivity contribution is 6.31.